The van der Waals surface area contributed by atoms with Gasteiger partial charge in [-0.05, 0) is 0 Å². The Balaban J connectivity index is 2.50. The van der Waals surface area contributed by atoms with E-state index in [1.807, 2.05) is 26.0 Å². The first-order valence-corrected chi connectivity index (χ1v) is 6.68. The van der Waals surface area contributed by atoms with Crippen LogP contribution >= 0.6 is 0 Å². The number of quaternary nitrogens is 1. The number of rotatable bonds is 4. The zero-order chi connectivity index (χ0) is 14.8. The van der Waals surface area contributed by atoms with Gasteiger partial charge in [-0.3, -0.25) is 9.05 Å². The zero-order valence-electron chi connectivity index (χ0n) is 12.4. The van der Waals surface area contributed by atoms with E-state index in [4.69, 9.17) is 4.74 Å². The molecule has 20 heavy (non-hydrogen) atoms. The minimum Gasteiger partial charge on any atom is -0.370 e. The zero-order valence-corrected chi connectivity index (χ0v) is 12.4. The lowest BCUT2D eigenvalue weighted by Gasteiger charge is -2.34. The van der Waals surface area contributed by atoms with Gasteiger partial charge in [0.25, 0.3) is 0 Å². The first-order valence-electron chi connectivity index (χ1n) is 6.68. The molecule has 0 unspecified atom stereocenters. The molecule has 7 heteroatoms. The van der Waals surface area contributed by atoms with Crippen molar-refractivity contribution in [1.29, 1.82) is 0 Å². The van der Waals surface area contributed by atoms with E-state index >= 15 is 0 Å². The quantitative estimate of drug-likeness (QED) is 0.567. The van der Waals surface area contributed by atoms with Crippen LogP contribution in [0.25, 0.3) is 0 Å². The van der Waals surface area contributed by atoms with Gasteiger partial charge in [0, 0.05) is 20.6 Å². The van der Waals surface area contributed by atoms with Crippen LogP contribution in [0.5, 0.6) is 0 Å². The van der Waals surface area contributed by atoms with Crippen molar-refractivity contribution in [3.05, 3.63) is 23.1 Å². The molecule has 1 aromatic rings. The molecule has 1 aromatic heterocycles. The van der Waals surface area contributed by atoms with Gasteiger partial charge in [-0.25, -0.2) is 4.79 Å². The van der Waals surface area contributed by atoms with E-state index in [0.29, 0.717) is 36.1 Å². The molecule has 1 fully saturated rings. The third-order valence-corrected chi connectivity index (χ3v) is 3.52. The van der Waals surface area contributed by atoms with E-state index in [2.05, 4.69) is 16.5 Å². The summed E-state index contributed by atoms with van der Waals surface area (Å²) in [6, 6.07) is 0. The van der Waals surface area contributed by atoms with Crippen LogP contribution in [0.2, 0.25) is 0 Å². The van der Waals surface area contributed by atoms with Crippen LogP contribution in [0.1, 0.15) is 0 Å². The van der Waals surface area contributed by atoms with Gasteiger partial charge in [0.2, 0.25) is 5.95 Å². The molecule has 0 spiro atoms. The van der Waals surface area contributed by atoms with Gasteiger partial charge < -0.3 is 9.64 Å². The minimum absolute atomic E-state index is 0.288. The standard InChI is InChI=1S/C13H22N5O2/c1-5-6-17-12(16(2)3)14-11(15-13(17)19)18(4)7-9-20-10-8-18/h5H,1,6-10H2,2-4H3/q+1. The van der Waals surface area contributed by atoms with Crippen molar-refractivity contribution in [3.8, 4) is 0 Å². The predicted octanol–water partition coefficient (Wildman–Crippen LogP) is -0.142. The lowest BCUT2D eigenvalue weighted by atomic mass is 10.3. The van der Waals surface area contributed by atoms with Crippen molar-refractivity contribution in [2.75, 3.05) is 52.3 Å². The number of anilines is 1. The lowest BCUT2D eigenvalue weighted by Crippen LogP contribution is -2.55. The first-order chi connectivity index (χ1) is 9.48. The molecular formula is C13H22N5O2+. The fraction of sp³-hybridized carbons (Fsp3) is 0.615. The summed E-state index contributed by atoms with van der Waals surface area (Å²) in [5.74, 6) is 1.16. The van der Waals surface area contributed by atoms with Crippen LogP contribution in [-0.4, -0.2) is 62.0 Å². The van der Waals surface area contributed by atoms with Gasteiger partial charge in [-0.2, -0.15) is 0 Å². The van der Waals surface area contributed by atoms with Crippen molar-refractivity contribution in [1.82, 2.24) is 19.0 Å². The maximum Gasteiger partial charge on any atom is 0.357 e. The van der Waals surface area contributed by atoms with Crippen molar-refractivity contribution in [2.24, 2.45) is 0 Å². The number of ether oxygens (including phenoxy) is 1. The Morgan fingerprint density at radius 3 is 2.60 bits per heavy atom. The van der Waals surface area contributed by atoms with Gasteiger partial charge in [-0.15, -0.1) is 16.5 Å². The summed E-state index contributed by atoms with van der Waals surface area (Å²) >= 11 is 0. The molecule has 1 aliphatic heterocycles. The number of allylic oxidation sites excluding steroid dienone is 1. The van der Waals surface area contributed by atoms with E-state index in [0.717, 1.165) is 13.1 Å². The Hall–Kier alpha value is -1.73. The van der Waals surface area contributed by atoms with Crippen molar-refractivity contribution >= 4 is 11.9 Å². The first kappa shape index (κ1) is 14.7. The molecule has 0 bridgehead atoms. The fourth-order valence-electron chi connectivity index (χ4n) is 2.22. The highest BCUT2D eigenvalue weighted by Crippen LogP contribution is 2.19. The molecule has 2 heterocycles. The van der Waals surface area contributed by atoms with Crippen LogP contribution in [-0.2, 0) is 11.3 Å². The molecule has 0 atom stereocenters. The molecule has 1 saturated heterocycles. The Kier molecular flexibility index (Phi) is 4.20. The van der Waals surface area contributed by atoms with Crippen LogP contribution in [0.4, 0.5) is 11.9 Å². The van der Waals surface area contributed by atoms with E-state index < -0.39 is 0 Å². The van der Waals surface area contributed by atoms with Gasteiger partial charge >= 0.3 is 11.6 Å². The monoisotopic (exact) mass is 280 g/mol. The SMILES string of the molecule is C=CCn1c(N(C)C)nc([N+]2(C)CCOCC2)nc1=O. The highest BCUT2D eigenvalue weighted by atomic mass is 16.5. The summed E-state index contributed by atoms with van der Waals surface area (Å²) in [7, 11) is 5.77. The lowest BCUT2D eigenvalue weighted by molar-refractivity contribution is 0.0494. The highest BCUT2D eigenvalue weighted by molar-refractivity contribution is 5.35. The average molecular weight is 280 g/mol. The topological polar surface area (TPSA) is 60.3 Å². The van der Waals surface area contributed by atoms with Crippen molar-refractivity contribution in [2.45, 2.75) is 6.54 Å². The largest absolute Gasteiger partial charge is 0.370 e. The highest BCUT2D eigenvalue weighted by Gasteiger charge is 2.33. The second-order valence-electron chi connectivity index (χ2n) is 5.36. The van der Waals surface area contributed by atoms with Crippen molar-refractivity contribution < 1.29 is 4.74 Å². The van der Waals surface area contributed by atoms with E-state index in [1.165, 1.54) is 4.57 Å². The van der Waals surface area contributed by atoms with E-state index in [9.17, 15) is 4.79 Å². The Labute approximate surface area is 118 Å². The van der Waals surface area contributed by atoms with Crippen LogP contribution in [0.15, 0.2) is 17.4 Å². The summed E-state index contributed by atoms with van der Waals surface area (Å²) in [5, 5.41) is 0. The third-order valence-electron chi connectivity index (χ3n) is 3.52. The molecule has 0 radical (unpaired) electrons. The number of aromatic nitrogens is 3. The molecule has 7 nitrogen and oxygen atoms in total. The molecule has 1 aliphatic rings. The van der Waals surface area contributed by atoms with Crippen molar-refractivity contribution in [3.63, 3.8) is 0 Å². The molecule has 110 valence electrons. The number of hydrogen-bond acceptors (Lipinski definition) is 5. The number of hydrogen-bond donors (Lipinski definition) is 0. The normalized spacial score (nSPS) is 17.8. The smallest absolute Gasteiger partial charge is 0.357 e. The number of morpholine rings is 1. The van der Waals surface area contributed by atoms with Gasteiger partial charge in [0.05, 0.1) is 20.3 Å². The van der Waals surface area contributed by atoms with E-state index in [1.54, 1.807) is 6.08 Å². The Morgan fingerprint density at radius 2 is 2.05 bits per heavy atom. The predicted molar refractivity (Wildman–Crippen MR) is 79.1 cm³/mol. The third kappa shape index (κ3) is 2.73. The summed E-state index contributed by atoms with van der Waals surface area (Å²) in [6.07, 6.45) is 1.67. The Bertz CT molecular complexity index is 546. The van der Waals surface area contributed by atoms with Crippen LogP contribution in [0, 0.1) is 0 Å². The minimum atomic E-state index is -0.288. The van der Waals surface area contributed by atoms with Crippen LogP contribution in [0.3, 0.4) is 0 Å². The molecule has 0 saturated carbocycles. The average Bonchev–Trinajstić information content (AvgIpc) is 2.41. The summed E-state index contributed by atoms with van der Waals surface area (Å²) in [6.45, 7) is 6.94. The summed E-state index contributed by atoms with van der Waals surface area (Å²) in [4.78, 5) is 22.8. The van der Waals surface area contributed by atoms with Gasteiger partial charge in [0.15, 0.2) is 0 Å². The second kappa shape index (κ2) is 5.72. The van der Waals surface area contributed by atoms with Gasteiger partial charge in [-0.1, -0.05) is 6.08 Å². The van der Waals surface area contributed by atoms with Crippen LogP contribution < -0.4 is 15.1 Å². The fourth-order valence-corrected chi connectivity index (χ4v) is 2.22. The Morgan fingerprint density at radius 1 is 1.40 bits per heavy atom. The molecule has 0 N–H and O–H groups in total. The molecule has 0 aliphatic carbocycles. The maximum atomic E-state index is 12.2. The van der Waals surface area contributed by atoms with Gasteiger partial charge in [0.1, 0.15) is 13.1 Å². The maximum absolute atomic E-state index is 12.2. The molecular weight excluding hydrogens is 258 g/mol. The number of nitrogens with zero attached hydrogens (tertiary/aromatic N) is 5. The summed E-state index contributed by atoms with van der Waals surface area (Å²) in [5.41, 5.74) is -0.288. The second-order valence-corrected chi connectivity index (χ2v) is 5.36. The van der Waals surface area contributed by atoms with E-state index in [-0.39, 0.29) is 5.69 Å². The molecule has 2 rings (SSSR count). The molecule has 0 amide bonds. The number of likely N-dealkylation sites (N-methyl/N-ethyl adjacent to an activating group) is 1. The molecule has 0 aromatic carbocycles. The summed E-state index contributed by atoms with van der Waals surface area (Å²) < 4.78 is 7.43.